The number of aliphatic imine (C=N–C) groups is 1. The first kappa shape index (κ1) is 14.6. The summed E-state index contributed by atoms with van der Waals surface area (Å²) >= 11 is 0. The zero-order valence-corrected chi connectivity index (χ0v) is 13.1. The van der Waals surface area contributed by atoms with Crippen molar-refractivity contribution in [1.29, 1.82) is 0 Å². The van der Waals surface area contributed by atoms with E-state index in [1.165, 1.54) is 11.1 Å². The molecule has 0 fully saturated rings. The summed E-state index contributed by atoms with van der Waals surface area (Å²) in [5.41, 5.74) is 4.39. The van der Waals surface area contributed by atoms with E-state index in [0.29, 0.717) is 5.96 Å². The minimum Gasteiger partial charge on any atom is -0.351 e. The molecule has 0 radical (unpaired) electrons. The van der Waals surface area contributed by atoms with Gasteiger partial charge < -0.3 is 5.32 Å². The van der Waals surface area contributed by atoms with Crippen LogP contribution in [0.2, 0.25) is 0 Å². The summed E-state index contributed by atoms with van der Waals surface area (Å²) in [5.74, 6) is 0.494. The average molecular weight is 273 g/mol. The number of benzene rings is 1. The van der Waals surface area contributed by atoms with E-state index in [1.54, 1.807) is 0 Å². The Morgan fingerprint density at radius 1 is 1.10 bits per heavy atom. The lowest BCUT2D eigenvalue weighted by atomic mass is 9.96. The Bertz CT molecular complexity index is 582. The monoisotopic (exact) mass is 273 g/mol. The topological polar surface area (TPSA) is 53.5 Å². The maximum atomic E-state index is 12.2. The van der Waals surface area contributed by atoms with E-state index in [-0.39, 0.29) is 11.4 Å². The van der Waals surface area contributed by atoms with Gasteiger partial charge in [-0.15, -0.1) is 0 Å². The third-order valence-electron chi connectivity index (χ3n) is 3.42. The maximum absolute atomic E-state index is 12.2. The van der Waals surface area contributed by atoms with Crippen LogP contribution in [-0.2, 0) is 4.79 Å². The number of rotatable bonds is 1. The molecule has 1 atom stereocenters. The Morgan fingerprint density at radius 3 is 2.30 bits per heavy atom. The molecule has 1 heterocycles. The molecule has 1 unspecified atom stereocenters. The summed E-state index contributed by atoms with van der Waals surface area (Å²) in [7, 11) is 0. The minimum absolute atomic E-state index is 0.0666. The molecule has 2 N–H and O–H groups in total. The molecule has 1 aliphatic rings. The fraction of sp³-hybridized carbons (Fsp3) is 0.500. The van der Waals surface area contributed by atoms with Gasteiger partial charge in [-0.25, -0.2) is 4.99 Å². The van der Waals surface area contributed by atoms with Gasteiger partial charge in [-0.3, -0.25) is 10.1 Å². The van der Waals surface area contributed by atoms with Crippen molar-refractivity contribution in [2.45, 2.75) is 53.1 Å². The molecule has 0 saturated heterocycles. The largest absolute Gasteiger partial charge is 0.351 e. The zero-order chi connectivity index (χ0) is 15.1. The molecule has 20 heavy (non-hydrogen) atoms. The van der Waals surface area contributed by atoms with Crippen LogP contribution >= 0.6 is 0 Å². The van der Waals surface area contributed by atoms with Crippen molar-refractivity contribution >= 4 is 11.9 Å². The second kappa shape index (κ2) is 4.93. The quantitative estimate of drug-likeness (QED) is 0.826. The Kier molecular flexibility index (Phi) is 3.59. The van der Waals surface area contributed by atoms with Gasteiger partial charge in [0.2, 0.25) is 0 Å². The van der Waals surface area contributed by atoms with Crippen LogP contribution in [0.25, 0.3) is 0 Å². The number of aryl methyl sites for hydroxylation is 3. The van der Waals surface area contributed by atoms with Crippen LogP contribution in [0.3, 0.4) is 0 Å². The Labute approximate surface area is 120 Å². The molecule has 4 heteroatoms. The van der Waals surface area contributed by atoms with Crippen LogP contribution in [0, 0.1) is 20.8 Å². The van der Waals surface area contributed by atoms with Crippen LogP contribution in [0.15, 0.2) is 17.1 Å². The number of amides is 1. The van der Waals surface area contributed by atoms with E-state index in [9.17, 15) is 4.79 Å². The van der Waals surface area contributed by atoms with E-state index >= 15 is 0 Å². The highest BCUT2D eigenvalue weighted by Crippen LogP contribution is 2.27. The van der Waals surface area contributed by atoms with Crippen molar-refractivity contribution in [1.82, 2.24) is 10.6 Å². The fourth-order valence-corrected chi connectivity index (χ4v) is 2.31. The molecule has 1 aromatic rings. The van der Waals surface area contributed by atoms with Crippen molar-refractivity contribution in [3.8, 4) is 0 Å². The Hall–Kier alpha value is -1.84. The molecular weight excluding hydrogens is 250 g/mol. The smallest absolute Gasteiger partial charge is 0.256 e. The molecule has 1 aliphatic heterocycles. The van der Waals surface area contributed by atoms with Gasteiger partial charge in [0.25, 0.3) is 5.91 Å². The third-order valence-corrected chi connectivity index (χ3v) is 3.42. The van der Waals surface area contributed by atoms with E-state index in [4.69, 9.17) is 0 Å². The molecule has 1 aromatic carbocycles. The van der Waals surface area contributed by atoms with Gasteiger partial charge in [0.15, 0.2) is 12.0 Å². The predicted molar refractivity (Wildman–Crippen MR) is 81.9 cm³/mol. The van der Waals surface area contributed by atoms with Crippen molar-refractivity contribution in [2.24, 2.45) is 4.99 Å². The number of guanidine groups is 1. The molecule has 0 aliphatic carbocycles. The first-order valence-corrected chi connectivity index (χ1v) is 6.92. The maximum Gasteiger partial charge on any atom is 0.256 e. The zero-order valence-electron chi connectivity index (χ0n) is 13.1. The number of hydrogen-bond acceptors (Lipinski definition) is 3. The number of hydrogen-bond donors (Lipinski definition) is 2. The van der Waals surface area contributed by atoms with Crippen molar-refractivity contribution < 1.29 is 4.79 Å². The standard InChI is InChI=1S/C16H23N3O/c1-9-7-11(3)12(8-10(9)2)13-14(20)18-15(17-13)19-16(4,5)6/h7-8,13H,1-6H3,(H2,17,18,19,20). The van der Waals surface area contributed by atoms with Crippen LogP contribution < -0.4 is 10.6 Å². The van der Waals surface area contributed by atoms with Crippen LogP contribution in [0.1, 0.15) is 49.1 Å². The Balaban J connectivity index is 2.34. The number of carbonyl (C=O) groups excluding carboxylic acids is 1. The first-order valence-electron chi connectivity index (χ1n) is 6.92. The SMILES string of the molecule is Cc1cc(C)c(C2N=C(NC(C)(C)C)NC2=O)cc1C. The van der Waals surface area contributed by atoms with Crippen LogP contribution in [0.5, 0.6) is 0 Å². The molecule has 4 nitrogen and oxygen atoms in total. The lowest BCUT2D eigenvalue weighted by molar-refractivity contribution is -0.120. The summed E-state index contributed by atoms with van der Waals surface area (Å²) in [6.45, 7) is 12.3. The summed E-state index contributed by atoms with van der Waals surface area (Å²) in [6, 6.07) is 3.74. The summed E-state index contributed by atoms with van der Waals surface area (Å²) in [5, 5.41) is 6.03. The molecule has 0 bridgehead atoms. The van der Waals surface area contributed by atoms with Crippen molar-refractivity contribution in [3.05, 3.63) is 34.4 Å². The predicted octanol–water partition coefficient (Wildman–Crippen LogP) is 2.53. The van der Waals surface area contributed by atoms with Gasteiger partial charge in [0.05, 0.1) is 0 Å². The van der Waals surface area contributed by atoms with Crippen LogP contribution in [-0.4, -0.2) is 17.4 Å². The summed E-state index contributed by atoms with van der Waals surface area (Å²) in [4.78, 5) is 16.7. The third kappa shape index (κ3) is 3.00. The van der Waals surface area contributed by atoms with Gasteiger partial charge in [-0.2, -0.15) is 0 Å². The molecular formula is C16H23N3O. The average Bonchev–Trinajstić information content (AvgIpc) is 2.62. The van der Waals surface area contributed by atoms with Crippen LogP contribution in [0.4, 0.5) is 0 Å². The van der Waals surface area contributed by atoms with Gasteiger partial charge >= 0.3 is 0 Å². The normalized spacial score (nSPS) is 18.8. The second-order valence-corrected chi connectivity index (χ2v) is 6.54. The van der Waals surface area contributed by atoms with Crippen molar-refractivity contribution in [2.75, 3.05) is 0 Å². The van der Waals surface area contributed by atoms with Gasteiger partial charge in [-0.1, -0.05) is 12.1 Å². The van der Waals surface area contributed by atoms with Gasteiger partial charge in [-0.05, 0) is 63.8 Å². The highest BCUT2D eigenvalue weighted by atomic mass is 16.2. The number of nitrogens with one attached hydrogen (secondary N) is 2. The molecule has 1 amide bonds. The van der Waals surface area contributed by atoms with Gasteiger partial charge in [0.1, 0.15) is 0 Å². The highest BCUT2D eigenvalue weighted by Gasteiger charge is 2.30. The number of carbonyl (C=O) groups is 1. The summed E-state index contributed by atoms with van der Waals surface area (Å²) < 4.78 is 0. The van der Waals surface area contributed by atoms with E-state index in [2.05, 4.69) is 41.6 Å². The molecule has 0 aromatic heterocycles. The van der Waals surface area contributed by atoms with E-state index in [1.807, 2.05) is 27.7 Å². The molecule has 0 spiro atoms. The molecule has 108 valence electrons. The lowest BCUT2D eigenvalue weighted by Gasteiger charge is -2.21. The minimum atomic E-state index is -0.445. The fourth-order valence-electron chi connectivity index (χ4n) is 2.31. The molecule has 2 rings (SSSR count). The van der Waals surface area contributed by atoms with E-state index in [0.717, 1.165) is 11.1 Å². The van der Waals surface area contributed by atoms with Crippen molar-refractivity contribution in [3.63, 3.8) is 0 Å². The Morgan fingerprint density at radius 2 is 1.70 bits per heavy atom. The summed E-state index contributed by atoms with van der Waals surface area (Å²) in [6.07, 6.45) is 0. The highest BCUT2D eigenvalue weighted by molar-refractivity contribution is 6.05. The molecule has 0 saturated carbocycles. The number of nitrogens with zero attached hydrogens (tertiary/aromatic N) is 1. The second-order valence-electron chi connectivity index (χ2n) is 6.54. The lowest BCUT2D eigenvalue weighted by Crippen LogP contribution is -2.46. The van der Waals surface area contributed by atoms with E-state index < -0.39 is 6.04 Å². The van der Waals surface area contributed by atoms with Gasteiger partial charge in [0, 0.05) is 5.54 Å². The first-order chi connectivity index (χ1) is 9.17.